The number of hydrogen-bond acceptors (Lipinski definition) is 5. The maximum Gasteiger partial charge on any atom is 0.252 e. The van der Waals surface area contributed by atoms with Crippen LogP contribution in [0.2, 0.25) is 0 Å². The number of ether oxygens (including phenoxy) is 1. The van der Waals surface area contributed by atoms with Gasteiger partial charge < -0.3 is 10.1 Å². The van der Waals surface area contributed by atoms with E-state index in [0.717, 1.165) is 32.9 Å². The fourth-order valence-electron chi connectivity index (χ4n) is 3.64. The van der Waals surface area contributed by atoms with Crippen LogP contribution in [-0.2, 0) is 26.0 Å². The third kappa shape index (κ3) is 5.27. The Bertz CT molecular complexity index is 1150. The number of morpholine rings is 1. The molecule has 0 radical (unpaired) electrons. The molecule has 32 heavy (non-hydrogen) atoms. The average Bonchev–Trinajstić information content (AvgIpc) is 3.29. The number of amides is 1. The molecule has 1 N–H and O–H groups in total. The van der Waals surface area contributed by atoms with E-state index in [2.05, 4.69) is 29.6 Å². The number of nitrogens with zero attached hydrogens (tertiary/aromatic N) is 1. The first-order valence-corrected chi connectivity index (χ1v) is 12.8. The van der Waals surface area contributed by atoms with Gasteiger partial charge in [0, 0.05) is 18.0 Å². The average molecular weight is 471 g/mol. The number of carbonyl (C=O) groups excluding carboxylic acids is 1. The Kier molecular flexibility index (Phi) is 7.05. The normalized spacial score (nSPS) is 15.9. The maximum atomic E-state index is 12.8. The monoisotopic (exact) mass is 470 g/mol. The molecule has 0 spiro atoms. The fourth-order valence-corrected chi connectivity index (χ4v) is 6.55. The van der Waals surface area contributed by atoms with E-state index in [0.29, 0.717) is 26.3 Å². The molecule has 1 fully saturated rings. The molecule has 1 atom stereocenters. The predicted octanol–water partition coefficient (Wildman–Crippen LogP) is 3.86. The zero-order valence-corrected chi connectivity index (χ0v) is 19.5. The number of benzene rings is 2. The van der Waals surface area contributed by atoms with Crippen LogP contribution in [0.5, 0.6) is 0 Å². The number of hydrogen-bond donors (Lipinski definition) is 1. The predicted molar refractivity (Wildman–Crippen MR) is 126 cm³/mol. The molecule has 0 bridgehead atoms. The Hall–Kier alpha value is -2.52. The molecule has 168 valence electrons. The molecule has 1 saturated heterocycles. The lowest BCUT2D eigenvalue weighted by Gasteiger charge is -2.25. The summed E-state index contributed by atoms with van der Waals surface area (Å²) in [5.74, 6) is -0.137. The van der Waals surface area contributed by atoms with Gasteiger partial charge in [0.15, 0.2) is 0 Å². The van der Waals surface area contributed by atoms with E-state index >= 15 is 0 Å². The smallest absolute Gasteiger partial charge is 0.252 e. The van der Waals surface area contributed by atoms with E-state index in [9.17, 15) is 13.2 Å². The SMILES string of the molecule is C[C@@H](NC(=O)Cc1ccc(S(=O)(=O)N2CCOCC2)s1)c1ccc(-c2ccccc2)cc1. The zero-order chi connectivity index (χ0) is 22.6. The molecule has 2 heterocycles. The van der Waals surface area contributed by atoms with Gasteiger partial charge in [0.25, 0.3) is 10.0 Å². The van der Waals surface area contributed by atoms with Crippen molar-refractivity contribution < 1.29 is 17.9 Å². The van der Waals surface area contributed by atoms with Gasteiger partial charge >= 0.3 is 0 Å². The van der Waals surface area contributed by atoms with E-state index in [4.69, 9.17) is 4.74 Å². The first kappa shape index (κ1) is 22.7. The summed E-state index contributed by atoms with van der Waals surface area (Å²) in [5.41, 5.74) is 3.29. The maximum absolute atomic E-state index is 12.8. The largest absolute Gasteiger partial charge is 0.379 e. The van der Waals surface area contributed by atoms with Crippen LogP contribution in [0.25, 0.3) is 11.1 Å². The molecular weight excluding hydrogens is 444 g/mol. The summed E-state index contributed by atoms with van der Waals surface area (Å²) < 4.78 is 32.5. The van der Waals surface area contributed by atoms with Crippen LogP contribution in [0.15, 0.2) is 70.9 Å². The summed E-state index contributed by atoms with van der Waals surface area (Å²) >= 11 is 1.15. The molecule has 0 saturated carbocycles. The summed E-state index contributed by atoms with van der Waals surface area (Å²) in [6.07, 6.45) is 0.149. The topological polar surface area (TPSA) is 75.7 Å². The van der Waals surface area contributed by atoms with Gasteiger partial charge in [0.1, 0.15) is 4.21 Å². The first-order valence-electron chi connectivity index (χ1n) is 10.5. The van der Waals surface area contributed by atoms with E-state index < -0.39 is 10.0 Å². The summed E-state index contributed by atoms with van der Waals surface area (Å²) in [7, 11) is -3.53. The highest BCUT2D eigenvalue weighted by molar-refractivity contribution is 7.91. The Morgan fingerprint density at radius 2 is 1.66 bits per heavy atom. The van der Waals surface area contributed by atoms with Gasteiger partial charge in [-0.05, 0) is 35.7 Å². The molecule has 0 unspecified atom stereocenters. The van der Waals surface area contributed by atoms with Gasteiger partial charge in [-0.25, -0.2) is 8.42 Å². The van der Waals surface area contributed by atoms with E-state index in [-0.39, 0.29) is 22.6 Å². The second kappa shape index (κ2) is 9.95. The van der Waals surface area contributed by atoms with E-state index in [1.165, 1.54) is 4.31 Å². The Balaban J connectivity index is 1.35. The molecule has 0 aliphatic carbocycles. The van der Waals surface area contributed by atoms with Gasteiger partial charge in [0.05, 0.1) is 25.7 Å². The van der Waals surface area contributed by atoms with Crippen molar-refractivity contribution in [2.45, 2.75) is 23.6 Å². The molecule has 1 aliphatic rings. The highest BCUT2D eigenvalue weighted by atomic mass is 32.2. The Morgan fingerprint density at radius 1 is 1.00 bits per heavy atom. The van der Waals surface area contributed by atoms with Crippen LogP contribution in [-0.4, -0.2) is 44.9 Å². The van der Waals surface area contributed by atoms with Crippen molar-refractivity contribution in [1.82, 2.24) is 9.62 Å². The summed E-state index contributed by atoms with van der Waals surface area (Å²) in [6, 6.07) is 21.4. The molecule has 3 aromatic rings. The van der Waals surface area contributed by atoms with Crippen LogP contribution >= 0.6 is 11.3 Å². The minimum atomic E-state index is -3.53. The zero-order valence-electron chi connectivity index (χ0n) is 17.9. The first-order chi connectivity index (χ1) is 15.4. The second-order valence-electron chi connectivity index (χ2n) is 7.69. The third-order valence-corrected chi connectivity index (χ3v) is 8.88. The lowest BCUT2D eigenvalue weighted by Crippen LogP contribution is -2.40. The molecule has 2 aromatic carbocycles. The number of sulfonamides is 1. The minimum Gasteiger partial charge on any atom is -0.379 e. The minimum absolute atomic E-state index is 0.137. The number of carbonyl (C=O) groups is 1. The van der Waals surface area contributed by atoms with E-state index in [1.54, 1.807) is 12.1 Å². The van der Waals surface area contributed by atoms with Crippen molar-refractivity contribution in [2.75, 3.05) is 26.3 Å². The van der Waals surface area contributed by atoms with Gasteiger partial charge in [-0.15, -0.1) is 11.3 Å². The standard InChI is InChI=1S/C24H26N2O4S2/c1-18(19-7-9-21(10-8-19)20-5-3-2-4-6-20)25-23(27)17-22-11-12-24(31-22)32(28,29)26-13-15-30-16-14-26/h2-12,18H,13-17H2,1H3,(H,25,27)/t18-/m1/s1. The van der Waals surface area contributed by atoms with E-state index in [1.807, 2.05) is 37.3 Å². The summed E-state index contributed by atoms with van der Waals surface area (Å²) in [5, 5.41) is 3.01. The third-order valence-electron chi connectivity index (χ3n) is 5.43. The molecule has 1 amide bonds. The number of rotatable bonds is 7. The highest BCUT2D eigenvalue weighted by Crippen LogP contribution is 2.26. The van der Waals surface area contributed by atoms with Crippen LogP contribution < -0.4 is 5.32 Å². The van der Waals surface area contributed by atoms with Crippen molar-refractivity contribution in [3.63, 3.8) is 0 Å². The molecule has 1 aliphatic heterocycles. The van der Waals surface area contributed by atoms with Crippen molar-refractivity contribution in [3.05, 3.63) is 77.2 Å². The number of thiophene rings is 1. The van der Waals surface area contributed by atoms with Gasteiger partial charge in [-0.1, -0.05) is 54.6 Å². The molecule has 4 rings (SSSR count). The quantitative estimate of drug-likeness (QED) is 0.569. The molecular formula is C24H26N2O4S2. The Morgan fingerprint density at radius 3 is 2.34 bits per heavy atom. The lowest BCUT2D eigenvalue weighted by atomic mass is 10.0. The van der Waals surface area contributed by atoms with Gasteiger partial charge in [-0.3, -0.25) is 4.79 Å². The fraction of sp³-hybridized carbons (Fsp3) is 0.292. The number of nitrogens with one attached hydrogen (secondary N) is 1. The van der Waals surface area contributed by atoms with Crippen LogP contribution in [0, 0.1) is 0 Å². The molecule has 8 heteroatoms. The van der Waals surface area contributed by atoms with Crippen LogP contribution in [0.3, 0.4) is 0 Å². The van der Waals surface area contributed by atoms with Crippen molar-refractivity contribution in [3.8, 4) is 11.1 Å². The van der Waals surface area contributed by atoms with Crippen molar-refractivity contribution in [2.24, 2.45) is 0 Å². The van der Waals surface area contributed by atoms with Crippen molar-refractivity contribution in [1.29, 1.82) is 0 Å². The molecule has 6 nitrogen and oxygen atoms in total. The summed E-state index contributed by atoms with van der Waals surface area (Å²) in [6.45, 7) is 3.47. The van der Waals surface area contributed by atoms with Crippen molar-refractivity contribution >= 4 is 27.3 Å². The van der Waals surface area contributed by atoms with Crippen LogP contribution in [0.1, 0.15) is 23.4 Å². The van der Waals surface area contributed by atoms with Crippen LogP contribution in [0.4, 0.5) is 0 Å². The second-order valence-corrected chi connectivity index (χ2v) is 11.0. The van der Waals surface area contributed by atoms with Gasteiger partial charge in [0.2, 0.25) is 5.91 Å². The van der Waals surface area contributed by atoms with Gasteiger partial charge in [-0.2, -0.15) is 4.31 Å². The summed E-state index contributed by atoms with van der Waals surface area (Å²) in [4.78, 5) is 13.3. The lowest BCUT2D eigenvalue weighted by molar-refractivity contribution is -0.121. The Labute approximate surface area is 192 Å². The highest BCUT2D eigenvalue weighted by Gasteiger charge is 2.28. The molecule has 1 aromatic heterocycles.